The molecule has 4 aromatic rings. The molecule has 1 saturated heterocycles. The fourth-order valence-electron chi connectivity index (χ4n) is 4.03. The maximum Gasteiger partial charge on any atom is 0.249 e. The van der Waals surface area contributed by atoms with Crippen LogP contribution in [0.2, 0.25) is 5.02 Å². The van der Waals surface area contributed by atoms with Crippen molar-refractivity contribution in [2.45, 2.75) is 6.54 Å². The van der Waals surface area contributed by atoms with Crippen LogP contribution in [-0.2, 0) is 16.1 Å². The second kappa shape index (κ2) is 8.97. The van der Waals surface area contributed by atoms with Gasteiger partial charge in [0, 0.05) is 29.5 Å². The molecule has 2 amide bonds. The van der Waals surface area contributed by atoms with Gasteiger partial charge in [-0.05, 0) is 35.4 Å². The van der Waals surface area contributed by atoms with Crippen molar-refractivity contribution >= 4 is 29.2 Å². The molecule has 1 N–H and O–H groups in total. The number of aromatic nitrogens is 3. The lowest BCUT2D eigenvalue weighted by atomic mass is 10.0. The zero-order valence-corrected chi connectivity index (χ0v) is 18.4. The van der Waals surface area contributed by atoms with Gasteiger partial charge in [0.2, 0.25) is 11.8 Å². The first kappa shape index (κ1) is 21.1. The van der Waals surface area contributed by atoms with E-state index in [1.165, 1.54) is 4.90 Å². The van der Waals surface area contributed by atoms with Gasteiger partial charge in [0.05, 0.1) is 18.7 Å². The Kier molecular flexibility index (Phi) is 5.73. The predicted octanol–water partition coefficient (Wildman–Crippen LogP) is 4.17. The highest BCUT2D eigenvalue weighted by atomic mass is 35.5. The van der Waals surface area contributed by atoms with Gasteiger partial charge in [-0.3, -0.25) is 24.6 Å². The first-order valence-electron chi connectivity index (χ1n) is 10.5. The highest BCUT2D eigenvalue weighted by Gasteiger charge is 2.35. The number of hydrogen-bond acceptors (Lipinski definition) is 5. The third kappa shape index (κ3) is 4.28. The third-order valence-electron chi connectivity index (χ3n) is 5.52. The second-order valence-corrected chi connectivity index (χ2v) is 8.23. The van der Waals surface area contributed by atoms with Gasteiger partial charge in [0.1, 0.15) is 11.5 Å². The lowest BCUT2D eigenvalue weighted by Crippen LogP contribution is -2.54. The van der Waals surface area contributed by atoms with E-state index in [0.29, 0.717) is 28.6 Å². The fraction of sp³-hybridized carbons (Fsp3) is 0.120. The topological polar surface area (TPSA) is 82.2 Å². The molecule has 33 heavy (non-hydrogen) atoms. The van der Waals surface area contributed by atoms with Crippen LogP contribution >= 0.6 is 11.6 Å². The van der Waals surface area contributed by atoms with E-state index in [0.717, 1.165) is 16.7 Å². The van der Waals surface area contributed by atoms with E-state index in [2.05, 4.69) is 15.2 Å². The van der Waals surface area contributed by atoms with Crippen LogP contribution in [-0.4, -0.2) is 45.0 Å². The van der Waals surface area contributed by atoms with Gasteiger partial charge in [-0.15, -0.1) is 0 Å². The number of piperazine rings is 1. The molecule has 164 valence electrons. The Bertz CT molecular complexity index is 1270. The van der Waals surface area contributed by atoms with Crippen LogP contribution in [0.5, 0.6) is 0 Å². The van der Waals surface area contributed by atoms with Crippen molar-refractivity contribution in [3.63, 3.8) is 0 Å². The summed E-state index contributed by atoms with van der Waals surface area (Å²) in [5.41, 5.74) is 3.95. The van der Waals surface area contributed by atoms with Crippen molar-refractivity contribution in [1.82, 2.24) is 20.1 Å². The lowest BCUT2D eigenvalue weighted by molar-refractivity contribution is -0.132. The van der Waals surface area contributed by atoms with Gasteiger partial charge in [0.15, 0.2) is 0 Å². The number of pyridine rings is 1. The molecule has 5 rings (SSSR count). The maximum absolute atomic E-state index is 13.2. The number of carbonyl (C=O) groups is 2. The minimum Gasteiger partial charge on any atom is -0.281 e. The van der Waals surface area contributed by atoms with Gasteiger partial charge >= 0.3 is 0 Å². The minimum atomic E-state index is -0.302. The van der Waals surface area contributed by atoms with E-state index >= 15 is 0 Å². The predicted molar refractivity (Wildman–Crippen MR) is 126 cm³/mol. The third-order valence-corrected chi connectivity index (χ3v) is 5.77. The number of nitrogens with zero attached hydrogens (tertiary/aromatic N) is 4. The summed E-state index contributed by atoms with van der Waals surface area (Å²) in [7, 11) is 0. The summed E-state index contributed by atoms with van der Waals surface area (Å²) in [6.07, 6.45) is 3.33. The average Bonchev–Trinajstić information content (AvgIpc) is 3.25. The normalized spacial score (nSPS) is 14.6. The van der Waals surface area contributed by atoms with E-state index in [1.807, 2.05) is 59.5 Å². The van der Waals surface area contributed by atoms with Crippen molar-refractivity contribution in [3.05, 3.63) is 89.7 Å². The number of halogens is 1. The van der Waals surface area contributed by atoms with Crippen LogP contribution in [0.4, 0.5) is 5.82 Å². The molecule has 0 saturated carbocycles. The van der Waals surface area contributed by atoms with Crippen LogP contribution in [0, 0.1) is 0 Å². The van der Waals surface area contributed by atoms with Crippen LogP contribution < -0.4 is 4.90 Å². The largest absolute Gasteiger partial charge is 0.281 e. The summed E-state index contributed by atoms with van der Waals surface area (Å²) in [5.74, 6) is -0.243. The summed E-state index contributed by atoms with van der Waals surface area (Å²) in [5, 5.41) is 8.03. The molecule has 1 aliphatic heterocycles. The van der Waals surface area contributed by atoms with Crippen LogP contribution in [0.15, 0.2) is 79.1 Å². The summed E-state index contributed by atoms with van der Waals surface area (Å²) in [6.45, 7) is 0.791. The first-order chi connectivity index (χ1) is 16.1. The summed E-state index contributed by atoms with van der Waals surface area (Å²) >= 11 is 6.05. The van der Waals surface area contributed by atoms with Gasteiger partial charge < -0.3 is 0 Å². The number of aromatic amines is 1. The van der Waals surface area contributed by atoms with Crippen molar-refractivity contribution in [2.75, 3.05) is 18.0 Å². The molecule has 0 atom stereocenters. The van der Waals surface area contributed by atoms with Crippen molar-refractivity contribution in [3.8, 4) is 22.4 Å². The zero-order valence-electron chi connectivity index (χ0n) is 17.6. The molecule has 7 nitrogen and oxygen atoms in total. The highest BCUT2D eigenvalue weighted by Crippen LogP contribution is 2.38. The number of hydrogen-bond donors (Lipinski definition) is 1. The van der Waals surface area contributed by atoms with Crippen molar-refractivity contribution in [1.29, 1.82) is 0 Å². The molecule has 1 aliphatic rings. The van der Waals surface area contributed by atoms with Gasteiger partial charge in [-0.1, -0.05) is 54.1 Å². The Balaban J connectivity index is 1.51. The number of benzene rings is 2. The van der Waals surface area contributed by atoms with E-state index in [4.69, 9.17) is 11.6 Å². The molecular weight excluding hydrogens is 438 g/mol. The van der Waals surface area contributed by atoms with Gasteiger partial charge in [-0.2, -0.15) is 5.10 Å². The number of rotatable bonds is 5. The molecule has 0 aliphatic carbocycles. The minimum absolute atomic E-state index is 0.131. The van der Waals surface area contributed by atoms with Crippen LogP contribution in [0.3, 0.4) is 0 Å². The Morgan fingerprint density at radius 2 is 1.52 bits per heavy atom. The molecule has 0 bridgehead atoms. The monoisotopic (exact) mass is 457 g/mol. The molecule has 0 radical (unpaired) electrons. The molecule has 1 fully saturated rings. The van der Waals surface area contributed by atoms with E-state index in [1.54, 1.807) is 24.5 Å². The van der Waals surface area contributed by atoms with Gasteiger partial charge in [0.25, 0.3) is 0 Å². The Morgan fingerprint density at radius 3 is 2.18 bits per heavy atom. The van der Waals surface area contributed by atoms with E-state index in [-0.39, 0.29) is 24.9 Å². The zero-order chi connectivity index (χ0) is 22.8. The van der Waals surface area contributed by atoms with Crippen LogP contribution in [0.25, 0.3) is 22.4 Å². The first-order valence-corrected chi connectivity index (χ1v) is 10.8. The summed E-state index contributed by atoms with van der Waals surface area (Å²) < 4.78 is 0. The number of amides is 2. The Labute approximate surface area is 195 Å². The number of anilines is 1. The number of nitrogens with one attached hydrogen (secondary N) is 1. The Morgan fingerprint density at radius 1 is 0.848 bits per heavy atom. The second-order valence-electron chi connectivity index (χ2n) is 7.79. The molecule has 0 unspecified atom stereocenters. The van der Waals surface area contributed by atoms with E-state index < -0.39 is 0 Å². The SMILES string of the molecule is O=C1CN(Cc2ccccc2)CC(=O)N1c1[nH]nc(-c2ccc(Cl)cc2)c1-c1ccncc1. The quantitative estimate of drug-likeness (QED) is 0.455. The van der Waals surface area contributed by atoms with Crippen molar-refractivity contribution in [2.24, 2.45) is 0 Å². The van der Waals surface area contributed by atoms with Crippen molar-refractivity contribution < 1.29 is 9.59 Å². The average molecular weight is 458 g/mol. The smallest absolute Gasteiger partial charge is 0.249 e. The molecule has 0 spiro atoms. The van der Waals surface area contributed by atoms with Gasteiger partial charge in [-0.25, -0.2) is 4.90 Å². The van der Waals surface area contributed by atoms with E-state index in [9.17, 15) is 9.59 Å². The highest BCUT2D eigenvalue weighted by molar-refractivity contribution is 6.30. The molecule has 3 heterocycles. The summed E-state index contributed by atoms with van der Waals surface area (Å²) in [6, 6.07) is 20.7. The van der Waals surface area contributed by atoms with Crippen LogP contribution in [0.1, 0.15) is 5.56 Å². The maximum atomic E-state index is 13.2. The molecule has 2 aromatic carbocycles. The Hall–Kier alpha value is -3.81. The molecule has 2 aromatic heterocycles. The molecule has 8 heteroatoms. The number of carbonyl (C=O) groups excluding carboxylic acids is 2. The fourth-order valence-corrected chi connectivity index (χ4v) is 4.15. The lowest BCUT2D eigenvalue weighted by Gasteiger charge is -2.32. The standard InChI is InChI=1S/C25H20ClN5O2/c26-20-8-6-19(7-9-20)24-23(18-10-12-27-13-11-18)25(29-28-24)31-21(32)15-30(16-22(31)33)14-17-4-2-1-3-5-17/h1-13H,14-16H2,(H,28,29). The molecular formula is C25H20ClN5O2. The number of imide groups is 1. The number of H-pyrrole nitrogens is 1. The summed E-state index contributed by atoms with van der Waals surface area (Å²) in [4.78, 5) is 33.5.